The Labute approximate surface area is 181 Å². The Kier molecular flexibility index (Phi) is 8.05. The summed E-state index contributed by atoms with van der Waals surface area (Å²) in [7, 11) is 0. The minimum absolute atomic E-state index is 0.101. The summed E-state index contributed by atoms with van der Waals surface area (Å²) in [6.45, 7) is 2.98. The minimum Gasteiger partial charge on any atom is -0.494 e. The third-order valence-electron chi connectivity index (χ3n) is 4.17. The maximum absolute atomic E-state index is 12.4. The first-order chi connectivity index (χ1) is 15.2. The maximum Gasteiger partial charge on any atom is 0.343 e. The standard InChI is InChI=1S/C25H24O6/c1-2-15-28-22-13-11-19(12-14-22)25(27)31-23-10-6-7-20(18-23)24(26)30-17-16-29-21-8-4-3-5-9-21/h3-14,18H,2,15-17H2,1H3. The van der Waals surface area contributed by atoms with E-state index in [1.807, 2.05) is 37.3 Å². The molecule has 0 aliphatic carbocycles. The average molecular weight is 420 g/mol. The molecule has 31 heavy (non-hydrogen) atoms. The van der Waals surface area contributed by atoms with Gasteiger partial charge in [0, 0.05) is 0 Å². The largest absolute Gasteiger partial charge is 0.494 e. The lowest BCUT2D eigenvalue weighted by atomic mass is 10.2. The Morgan fingerprint density at radius 3 is 2.06 bits per heavy atom. The molecule has 0 aromatic heterocycles. The van der Waals surface area contributed by atoms with Crippen LogP contribution in [-0.4, -0.2) is 31.8 Å². The number of carbonyl (C=O) groups is 2. The van der Waals surface area contributed by atoms with Crippen LogP contribution >= 0.6 is 0 Å². The molecule has 0 saturated carbocycles. The number of hydrogen-bond donors (Lipinski definition) is 0. The summed E-state index contributed by atoms with van der Waals surface area (Å²) in [4.78, 5) is 24.6. The Balaban J connectivity index is 1.50. The zero-order valence-corrected chi connectivity index (χ0v) is 17.3. The lowest BCUT2D eigenvalue weighted by Crippen LogP contribution is -2.13. The van der Waals surface area contributed by atoms with Crippen LogP contribution in [-0.2, 0) is 4.74 Å². The van der Waals surface area contributed by atoms with Crippen LogP contribution in [0, 0.1) is 0 Å². The van der Waals surface area contributed by atoms with Gasteiger partial charge in [-0.2, -0.15) is 0 Å². The van der Waals surface area contributed by atoms with E-state index in [1.54, 1.807) is 42.5 Å². The molecule has 0 radical (unpaired) electrons. The van der Waals surface area contributed by atoms with Crippen LogP contribution in [0.4, 0.5) is 0 Å². The molecule has 0 saturated heterocycles. The summed E-state index contributed by atoms with van der Waals surface area (Å²) in [6, 6.07) is 22.3. The minimum atomic E-state index is -0.524. The molecule has 3 aromatic carbocycles. The van der Waals surface area contributed by atoms with Crippen LogP contribution in [0.2, 0.25) is 0 Å². The van der Waals surface area contributed by atoms with Crippen LogP contribution < -0.4 is 14.2 Å². The van der Waals surface area contributed by atoms with Crippen LogP contribution in [0.5, 0.6) is 17.2 Å². The fraction of sp³-hybridized carbons (Fsp3) is 0.200. The van der Waals surface area contributed by atoms with Gasteiger partial charge < -0.3 is 18.9 Å². The molecule has 0 atom stereocenters. The quantitative estimate of drug-likeness (QED) is 0.263. The van der Waals surface area contributed by atoms with Crippen LogP contribution in [0.1, 0.15) is 34.1 Å². The van der Waals surface area contributed by atoms with Crippen LogP contribution in [0.3, 0.4) is 0 Å². The van der Waals surface area contributed by atoms with E-state index in [4.69, 9.17) is 18.9 Å². The number of carbonyl (C=O) groups excluding carboxylic acids is 2. The van der Waals surface area contributed by atoms with Gasteiger partial charge in [0.25, 0.3) is 0 Å². The number of esters is 2. The molecule has 6 heteroatoms. The summed E-state index contributed by atoms with van der Waals surface area (Å²) in [6.07, 6.45) is 0.905. The van der Waals surface area contributed by atoms with Crippen molar-refractivity contribution in [2.24, 2.45) is 0 Å². The SMILES string of the molecule is CCCOc1ccc(C(=O)Oc2cccc(C(=O)OCCOc3ccccc3)c2)cc1. The van der Waals surface area contributed by atoms with E-state index in [2.05, 4.69) is 0 Å². The lowest BCUT2D eigenvalue weighted by molar-refractivity contribution is 0.0449. The topological polar surface area (TPSA) is 71.1 Å². The third-order valence-corrected chi connectivity index (χ3v) is 4.17. The summed E-state index contributed by atoms with van der Waals surface area (Å²) < 4.78 is 21.6. The fourth-order valence-electron chi connectivity index (χ4n) is 2.65. The number of rotatable bonds is 10. The molecule has 0 heterocycles. The molecule has 0 aliphatic heterocycles. The van der Waals surface area contributed by atoms with Crippen molar-refractivity contribution in [3.63, 3.8) is 0 Å². The Bertz CT molecular complexity index is 982. The normalized spacial score (nSPS) is 10.2. The first-order valence-electron chi connectivity index (χ1n) is 10.1. The highest BCUT2D eigenvalue weighted by molar-refractivity contribution is 5.92. The van der Waals surface area contributed by atoms with E-state index in [9.17, 15) is 9.59 Å². The van der Waals surface area contributed by atoms with Crippen molar-refractivity contribution in [1.29, 1.82) is 0 Å². The van der Waals surface area contributed by atoms with Crippen molar-refractivity contribution in [3.05, 3.63) is 90.0 Å². The molecule has 0 fully saturated rings. The van der Waals surface area contributed by atoms with Gasteiger partial charge in [-0.15, -0.1) is 0 Å². The molecule has 0 aliphatic rings. The van der Waals surface area contributed by atoms with Crippen molar-refractivity contribution in [2.45, 2.75) is 13.3 Å². The van der Waals surface area contributed by atoms with Gasteiger partial charge >= 0.3 is 11.9 Å². The second kappa shape index (κ2) is 11.4. The van der Waals surface area contributed by atoms with Crippen LogP contribution in [0.25, 0.3) is 0 Å². The van der Waals surface area contributed by atoms with E-state index < -0.39 is 11.9 Å². The Hall–Kier alpha value is -3.80. The van der Waals surface area contributed by atoms with Gasteiger partial charge in [0.05, 0.1) is 17.7 Å². The zero-order valence-electron chi connectivity index (χ0n) is 17.3. The molecule has 0 bridgehead atoms. The van der Waals surface area contributed by atoms with Gasteiger partial charge in [0.1, 0.15) is 30.5 Å². The molecular weight excluding hydrogens is 396 g/mol. The van der Waals surface area contributed by atoms with Crippen molar-refractivity contribution in [3.8, 4) is 17.2 Å². The van der Waals surface area contributed by atoms with E-state index in [-0.39, 0.29) is 24.5 Å². The van der Waals surface area contributed by atoms with E-state index in [1.165, 1.54) is 6.07 Å². The van der Waals surface area contributed by atoms with E-state index in [0.717, 1.165) is 6.42 Å². The van der Waals surface area contributed by atoms with Gasteiger partial charge in [0.15, 0.2) is 0 Å². The molecule has 160 valence electrons. The molecule has 0 N–H and O–H groups in total. The number of para-hydroxylation sites is 1. The monoisotopic (exact) mass is 420 g/mol. The zero-order chi connectivity index (χ0) is 21.9. The van der Waals surface area contributed by atoms with Crippen molar-refractivity contribution < 1.29 is 28.5 Å². The highest BCUT2D eigenvalue weighted by Gasteiger charge is 2.12. The van der Waals surface area contributed by atoms with Crippen LogP contribution in [0.15, 0.2) is 78.9 Å². The molecule has 0 unspecified atom stereocenters. The first-order valence-corrected chi connectivity index (χ1v) is 10.1. The summed E-state index contributed by atoms with van der Waals surface area (Å²) in [5, 5.41) is 0. The summed E-state index contributed by atoms with van der Waals surface area (Å²) >= 11 is 0. The molecular formula is C25H24O6. The van der Waals surface area contributed by atoms with Crippen molar-refractivity contribution in [1.82, 2.24) is 0 Å². The smallest absolute Gasteiger partial charge is 0.343 e. The summed E-state index contributed by atoms with van der Waals surface area (Å²) in [5.41, 5.74) is 0.670. The second-order valence-electron chi connectivity index (χ2n) is 6.59. The van der Waals surface area contributed by atoms with Gasteiger partial charge in [-0.25, -0.2) is 9.59 Å². The van der Waals surface area contributed by atoms with Crippen molar-refractivity contribution in [2.75, 3.05) is 19.8 Å². The molecule has 3 aromatic rings. The van der Waals surface area contributed by atoms with Gasteiger partial charge in [-0.3, -0.25) is 0 Å². The van der Waals surface area contributed by atoms with E-state index >= 15 is 0 Å². The number of benzene rings is 3. The Morgan fingerprint density at radius 2 is 1.32 bits per heavy atom. The summed E-state index contributed by atoms with van der Waals surface area (Å²) in [5.74, 6) is 0.610. The van der Waals surface area contributed by atoms with E-state index in [0.29, 0.717) is 23.7 Å². The second-order valence-corrected chi connectivity index (χ2v) is 6.59. The number of ether oxygens (including phenoxy) is 4. The first kappa shape index (κ1) is 21.9. The molecule has 0 amide bonds. The predicted octanol–water partition coefficient (Wildman–Crippen LogP) is 4.93. The Morgan fingerprint density at radius 1 is 0.645 bits per heavy atom. The number of hydrogen-bond acceptors (Lipinski definition) is 6. The lowest BCUT2D eigenvalue weighted by Gasteiger charge is -2.09. The average Bonchev–Trinajstić information content (AvgIpc) is 2.81. The van der Waals surface area contributed by atoms with Gasteiger partial charge in [-0.05, 0) is 61.0 Å². The maximum atomic E-state index is 12.4. The third kappa shape index (κ3) is 6.89. The fourth-order valence-corrected chi connectivity index (χ4v) is 2.65. The molecule has 3 rings (SSSR count). The van der Waals surface area contributed by atoms with Gasteiger partial charge in [-0.1, -0.05) is 31.2 Å². The molecule has 0 spiro atoms. The van der Waals surface area contributed by atoms with Crippen molar-refractivity contribution >= 4 is 11.9 Å². The highest BCUT2D eigenvalue weighted by atomic mass is 16.6. The highest BCUT2D eigenvalue weighted by Crippen LogP contribution is 2.18. The van der Waals surface area contributed by atoms with Gasteiger partial charge in [0.2, 0.25) is 0 Å². The molecule has 6 nitrogen and oxygen atoms in total. The predicted molar refractivity (Wildman–Crippen MR) is 116 cm³/mol.